The van der Waals surface area contributed by atoms with Crippen molar-refractivity contribution in [3.05, 3.63) is 47.2 Å². The fourth-order valence-electron chi connectivity index (χ4n) is 2.46. The number of benzene rings is 1. The van der Waals surface area contributed by atoms with Crippen molar-refractivity contribution < 1.29 is 13.9 Å². The molecule has 0 N–H and O–H groups in total. The topological polar surface area (TPSA) is 70.2 Å². The molecule has 8 heteroatoms. The second-order valence-corrected chi connectivity index (χ2v) is 8.30. The number of ether oxygens (including phenoxy) is 1. The van der Waals surface area contributed by atoms with Gasteiger partial charge in [0.25, 0.3) is 0 Å². The molecule has 3 rings (SSSR count). The summed E-state index contributed by atoms with van der Waals surface area (Å²) in [5, 5.41) is 9.66. The lowest BCUT2D eigenvalue weighted by Crippen LogP contribution is -2.25. The summed E-state index contributed by atoms with van der Waals surface area (Å²) in [6, 6.07) is 9.18. The Kier molecular flexibility index (Phi) is 5.62. The van der Waals surface area contributed by atoms with Crippen LogP contribution in [-0.2, 0) is 9.53 Å². The molecule has 0 saturated carbocycles. The predicted molar refractivity (Wildman–Crippen MR) is 105 cm³/mol. The van der Waals surface area contributed by atoms with Gasteiger partial charge in [0.2, 0.25) is 5.82 Å². The van der Waals surface area contributed by atoms with Crippen LogP contribution in [0.5, 0.6) is 0 Å². The van der Waals surface area contributed by atoms with Crippen LogP contribution in [0.3, 0.4) is 0 Å². The Hall–Kier alpha value is -2.25. The minimum Gasteiger partial charge on any atom is -0.461 e. The molecule has 0 fully saturated rings. The molecule has 2 heterocycles. The molecule has 6 nitrogen and oxygen atoms in total. The predicted octanol–water partition coefficient (Wildman–Crippen LogP) is 4.92. The molecule has 0 amide bonds. The number of aryl methyl sites for hydroxylation is 1. The average Bonchev–Trinajstić information content (AvgIpc) is 3.22. The van der Waals surface area contributed by atoms with Gasteiger partial charge < -0.3 is 9.15 Å². The summed E-state index contributed by atoms with van der Waals surface area (Å²) >= 11 is 7.46. The van der Waals surface area contributed by atoms with E-state index in [-0.39, 0.29) is 11.7 Å². The van der Waals surface area contributed by atoms with Crippen LogP contribution < -0.4 is 0 Å². The fourth-order valence-corrected chi connectivity index (χ4v) is 3.35. The molecule has 27 heavy (non-hydrogen) atoms. The highest BCUT2D eigenvalue weighted by Gasteiger charge is 2.22. The minimum absolute atomic E-state index is 0.118. The average molecular weight is 406 g/mol. The summed E-state index contributed by atoms with van der Waals surface area (Å²) < 4.78 is 12.7. The zero-order valence-corrected chi connectivity index (χ0v) is 17.1. The highest BCUT2D eigenvalue weighted by molar-refractivity contribution is 7.99. The zero-order chi connectivity index (χ0) is 19.6. The molecule has 0 spiro atoms. The van der Waals surface area contributed by atoms with Crippen LogP contribution in [0.4, 0.5) is 0 Å². The number of carbonyl (C=O) groups is 1. The summed E-state index contributed by atoms with van der Waals surface area (Å²) in [6.45, 7) is 7.48. The van der Waals surface area contributed by atoms with Gasteiger partial charge in [0, 0.05) is 5.02 Å². The van der Waals surface area contributed by atoms with Gasteiger partial charge in [-0.15, -0.1) is 10.2 Å². The van der Waals surface area contributed by atoms with E-state index in [0.29, 0.717) is 21.8 Å². The van der Waals surface area contributed by atoms with Crippen LogP contribution in [0.25, 0.3) is 17.3 Å². The van der Waals surface area contributed by atoms with Gasteiger partial charge in [0.1, 0.15) is 5.60 Å². The lowest BCUT2D eigenvalue weighted by atomic mass is 10.2. The van der Waals surface area contributed by atoms with Gasteiger partial charge >= 0.3 is 5.97 Å². The summed E-state index contributed by atoms with van der Waals surface area (Å²) in [7, 11) is 0. The summed E-state index contributed by atoms with van der Waals surface area (Å²) in [6.07, 6.45) is 1.58. The van der Waals surface area contributed by atoms with Crippen LogP contribution in [0, 0.1) is 6.92 Å². The van der Waals surface area contributed by atoms with E-state index in [4.69, 9.17) is 20.8 Å². The zero-order valence-electron chi connectivity index (χ0n) is 15.5. The molecule has 2 aromatic heterocycles. The van der Waals surface area contributed by atoms with Crippen LogP contribution in [0.1, 0.15) is 26.3 Å². The molecule has 0 aliphatic heterocycles. The highest BCUT2D eigenvalue weighted by atomic mass is 35.5. The van der Waals surface area contributed by atoms with E-state index in [1.807, 2.05) is 56.5 Å². The number of hydrogen-bond donors (Lipinski definition) is 0. The monoisotopic (exact) mass is 405 g/mol. The van der Waals surface area contributed by atoms with Crippen molar-refractivity contribution in [2.24, 2.45) is 0 Å². The van der Waals surface area contributed by atoms with Crippen molar-refractivity contribution in [2.45, 2.75) is 38.5 Å². The third-order valence-electron chi connectivity index (χ3n) is 3.53. The molecular formula is C19H20ClN3O3S. The number of aromatic nitrogens is 3. The first kappa shape index (κ1) is 19.5. The Morgan fingerprint density at radius 3 is 2.74 bits per heavy atom. The van der Waals surface area contributed by atoms with Gasteiger partial charge in [-0.25, -0.2) is 0 Å². The molecule has 0 radical (unpaired) electrons. The summed E-state index contributed by atoms with van der Waals surface area (Å²) in [4.78, 5) is 12.1. The van der Waals surface area contributed by atoms with E-state index in [2.05, 4.69) is 10.2 Å². The SMILES string of the molecule is Cc1ccc(Cl)cc1-n1c(SCC(=O)OC(C)(C)C)nnc1-c1ccco1. The third kappa shape index (κ3) is 4.73. The third-order valence-corrected chi connectivity index (χ3v) is 4.66. The van der Waals surface area contributed by atoms with Crippen molar-refractivity contribution in [1.82, 2.24) is 14.8 Å². The molecule has 0 aliphatic carbocycles. The highest BCUT2D eigenvalue weighted by Crippen LogP contribution is 2.31. The Morgan fingerprint density at radius 2 is 2.07 bits per heavy atom. The molecule has 0 atom stereocenters. The Balaban J connectivity index is 1.98. The minimum atomic E-state index is -0.534. The van der Waals surface area contributed by atoms with Crippen LogP contribution in [0.2, 0.25) is 5.02 Å². The van der Waals surface area contributed by atoms with Crippen molar-refractivity contribution in [3.63, 3.8) is 0 Å². The molecule has 1 aromatic carbocycles. The Bertz CT molecular complexity index is 946. The number of furan rings is 1. The molecule has 142 valence electrons. The van der Waals surface area contributed by atoms with Crippen molar-refractivity contribution in [3.8, 4) is 17.3 Å². The van der Waals surface area contributed by atoms with Crippen LogP contribution >= 0.6 is 23.4 Å². The number of thioether (sulfide) groups is 1. The first-order valence-corrected chi connectivity index (χ1v) is 9.71. The molecule has 0 unspecified atom stereocenters. The fraction of sp³-hybridized carbons (Fsp3) is 0.316. The first-order chi connectivity index (χ1) is 12.7. The second kappa shape index (κ2) is 7.78. The van der Waals surface area contributed by atoms with E-state index >= 15 is 0 Å². The lowest BCUT2D eigenvalue weighted by Gasteiger charge is -2.19. The maximum atomic E-state index is 12.1. The largest absolute Gasteiger partial charge is 0.461 e. The number of esters is 1. The van der Waals surface area contributed by atoms with Gasteiger partial charge in [-0.1, -0.05) is 29.4 Å². The van der Waals surface area contributed by atoms with E-state index in [9.17, 15) is 4.79 Å². The molecule has 0 bridgehead atoms. The van der Waals surface area contributed by atoms with Gasteiger partial charge in [-0.2, -0.15) is 0 Å². The summed E-state index contributed by atoms with van der Waals surface area (Å²) in [5.41, 5.74) is 1.28. The van der Waals surface area contributed by atoms with Gasteiger partial charge in [0.15, 0.2) is 10.9 Å². The normalized spacial score (nSPS) is 11.6. The molecule has 0 saturated heterocycles. The summed E-state index contributed by atoms with van der Waals surface area (Å²) in [5.74, 6) is 0.917. The van der Waals surface area contributed by atoms with Gasteiger partial charge in [-0.05, 0) is 57.5 Å². The van der Waals surface area contributed by atoms with Gasteiger partial charge in [0.05, 0.1) is 17.7 Å². The quantitative estimate of drug-likeness (QED) is 0.443. The second-order valence-electron chi connectivity index (χ2n) is 6.92. The van der Waals surface area contributed by atoms with Crippen molar-refractivity contribution in [1.29, 1.82) is 0 Å². The van der Waals surface area contributed by atoms with E-state index < -0.39 is 5.60 Å². The smallest absolute Gasteiger partial charge is 0.316 e. The number of nitrogens with zero attached hydrogens (tertiary/aromatic N) is 3. The number of halogens is 1. The Morgan fingerprint density at radius 1 is 1.30 bits per heavy atom. The van der Waals surface area contributed by atoms with Crippen molar-refractivity contribution in [2.75, 3.05) is 5.75 Å². The standard InChI is InChI=1S/C19H20ClN3O3S/c1-12-7-8-13(20)10-14(12)23-17(15-6-5-9-25-15)21-22-18(23)27-11-16(24)26-19(2,3)4/h5-10H,11H2,1-4H3. The number of rotatable bonds is 5. The molecular weight excluding hydrogens is 386 g/mol. The van der Waals surface area contributed by atoms with E-state index in [1.165, 1.54) is 11.8 Å². The number of carbonyl (C=O) groups excluding carboxylic acids is 1. The van der Waals surface area contributed by atoms with Crippen LogP contribution in [-0.4, -0.2) is 32.1 Å². The maximum Gasteiger partial charge on any atom is 0.316 e. The lowest BCUT2D eigenvalue weighted by molar-refractivity contribution is -0.151. The van der Waals surface area contributed by atoms with E-state index in [1.54, 1.807) is 12.3 Å². The van der Waals surface area contributed by atoms with Crippen LogP contribution in [0.15, 0.2) is 46.2 Å². The maximum absolute atomic E-state index is 12.1. The number of hydrogen-bond acceptors (Lipinski definition) is 6. The molecule has 0 aliphatic rings. The van der Waals surface area contributed by atoms with Gasteiger partial charge in [-0.3, -0.25) is 9.36 Å². The van der Waals surface area contributed by atoms with E-state index in [0.717, 1.165) is 11.3 Å². The molecule has 3 aromatic rings. The Labute approximate surface area is 166 Å². The van der Waals surface area contributed by atoms with Crippen molar-refractivity contribution >= 4 is 29.3 Å². The first-order valence-electron chi connectivity index (χ1n) is 8.35.